The fourth-order valence-corrected chi connectivity index (χ4v) is 2.74. The molecule has 0 radical (unpaired) electrons. The number of fused-ring (bicyclic) bond motifs is 1. The highest BCUT2D eigenvalue weighted by atomic mass is 16.5. The largest absolute Gasteiger partial charge is 0.497 e. The molecule has 3 rings (SSSR count). The van der Waals surface area contributed by atoms with Gasteiger partial charge in [-0.2, -0.15) is 0 Å². The second kappa shape index (κ2) is 7.74. The summed E-state index contributed by atoms with van der Waals surface area (Å²) in [6.45, 7) is 0. The van der Waals surface area contributed by atoms with Crippen LogP contribution < -0.4 is 14.2 Å². The van der Waals surface area contributed by atoms with Crippen molar-refractivity contribution in [3.8, 4) is 17.2 Å². The molecule has 0 aliphatic heterocycles. The van der Waals surface area contributed by atoms with Crippen LogP contribution >= 0.6 is 0 Å². The SMILES string of the molecule is COc1ccc(C(=O)/C=C/c2ccc3cc(OC)ccc3c2)c(OC)c1. The summed E-state index contributed by atoms with van der Waals surface area (Å²) in [5.74, 6) is 1.83. The second-order valence-corrected chi connectivity index (χ2v) is 5.74. The van der Waals surface area contributed by atoms with Gasteiger partial charge >= 0.3 is 0 Å². The van der Waals surface area contributed by atoms with Crippen molar-refractivity contribution in [1.29, 1.82) is 0 Å². The van der Waals surface area contributed by atoms with Gasteiger partial charge in [0.15, 0.2) is 5.78 Å². The molecule has 132 valence electrons. The Morgan fingerprint density at radius 3 is 2.15 bits per heavy atom. The summed E-state index contributed by atoms with van der Waals surface area (Å²) in [6, 6.07) is 17.1. The van der Waals surface area contributed by atoms with Gasteiger partial charge in [0.25, 0.3) is 0 Å². The highest BCUT2D eigenvalue weighted by molar-refractivity contribution is 6.08. The summed E-state index contributed by atoms with van der Waals surface area (Å²) in [7, 11) is 4.76. The molecule has 4 heteroatoms. The van der Waals surface area contributed by atoms with Gasteiger partial charge in [-0.25, -0.2) is 0 Å². The van der Waals surface area contributed by atoms with Crippen molar-refractivity contribution < 1.29 is 19.0 Å². The van der Waals surface area contributed by atoms with E-state index < -0.39 is 0 Å². The molecule has 0 aromatic heterocycles. The van der Waals surface area contributed by atoms with Crippen LogP contribution in [0.2, 0.25) is 0 Å². The lowest BCUT2D eigenvalue weighted by Crippen LogP contribution is -1.99. The molecule has 0 saturated heterocycles. The lowest BCUT2D eigenvalue weighted by Gasteiger charge is -2.08. The number of carbonyl (C=O) groups excluding carboxylic acids is 1. The summed E-state index contributed by atoms with van der Waals surface area (Å²) in [6.07, 6.45) is 3.35. The number of allylic oxidation sites excluding steroid dienone is 1. The molecule has 0 bridgehead atoms. The molecule has 3 aromatic rings. The van der Waals surface area contributed by atoms with Crippen LogP contribution in [0.4, 0.5) is 0 Å². The second-order valence-electron chi connectivity index (χ2n) is 5.74. The Morgan fingerprint density at radius 1 is 0.769 bits per heavy atom. The highest BCUT2D eigenvalue weighted by Crippen LogP contribution is 2.26. The summed E-state index contributed by atoms with van der Waals surface area (Å²) in [5.41, 5.74) is 1.44. The van der Waals surface area contributed by atoms with Crippen LogP contribution in [0.1, 0.15) is 15.9 Å². The third-order valence-corrected chi connectivity index (χ3v) is 4.17. The Balaban J connectivity index is 1.85. The van der Waals surface area contributed by atoms with Gasteiger partial charge in [0.1, 0.15) is 17.2 Å². The quantitative estimate of drug-likeness (QED) is 0.476. The van der Waals surface area contributed by atoms with E-state index in [0.717, 1.165) is 22.1 Å². The van der Waals surface area contributed by atoms with Crippen LogP contribution in [0.3, 0.4) is 0 Å². The predicted molar refractivity (Wildman–Crippen MR) is 103 cm³/mol. The van der Waals surface area contributed by atoms with E-state index in [4.69, 9.17) is 14.2 Å². The number of carbonyl (C=O) groups is 1. The number of methoxy groups -OCH3 is 3. The van der Waals surface area contributed by atoms with Crippen LogP contribution in [0.25, 0.3) is 16.8 Å². The summed E-state index contributed by atoms with van der Waals surface area (Å²) < 4.78 is 15.7. The minimum Gasteiger partial charge on any atom is -0.497 e. The average Bonchev–Trinajstić information content (AvgIpc) is 2.70. The van der Waals surface area contributed by atoms with E-state index in [1.807, 2.05) is 36.4 Å². The molecule has 0 spiro atoms. The molecule has 0 aliphatic rings. The first-order valence-corrected chi connectivity index (χ1v) is 8.17. The Hall–Kier alpha value is -3.27. The maximum absolute atomic E-state index is 12.5. The van der Waals surface area contributed by atoms with Gasteiger partial charge in [-0.15, -0.1) is 0 Å². The van der Waals surface area contributed by atoms with Gasteiger partial charge in [-0.3, -0.25) is 4.79 Å². The molecule has 0 heterocycles. The number of hydrogen-bond acceptors (Lipinski definition) is 4. The van der Waals surface area contributed by atoms with E-state index in [1.54, 1.807) is 44.6 Å². The maximum atomic E-state index is 12.5. The van der Waals surface area contributed by atoms with Crippen molar-refractivity contribution in [2.45, 2.75) is 0 Å². The fourth-order valence-electron chi connectivity index (χ4n) is 2.74. The standard InChI is InChI=1S/C22H20O4/c1-24-18-8-7-16-12-15(4-6-17(16)13-18)5-11-21(23)20-10-9-19(25-2)14-22(20)26-3/h4-14H,1-3H3/b11-5+. The first kappa shape index (κ1) is 17.5. The maximum Gasteiger partial charge on any atom is 0.189 e. The van der Waals surface area contributed by atoms with Gasteiger partial charge in [0.2, 0.25) is 0 Å². The van der Waals surface area contributed by atoms with Crippen molar-refractivity contribution in [1.82, 2.24) is 0 Å². The molecular formula is C22H20O4. The average molecular weight is 348 g/mol. The fraction of sp³-hybridized carbons (Fsp3) is 0.136. The number of benzene rings is 3. The summed E-state index contributed by atoms with van der Waals surface area (Å²) >= 11 is 0. The third-order valence-electron chi connectivity index (χ3n) is 4.17. The van der Waals surface area contributed by atoms with Crippen molar-refractivity contribution in [2.24, 2.45) is 0 Å². The van der Waals surface area contributed by atoms with Crippen LogP contribution in [0.5, 0.6) is 17.2 Å². The molecule has 0 saturated carbocycles. The molecular weight excluding hydrogens is 328 g/mol. The minimum absolute atomic E-state index is 0.126. The molecule has 4 nitrogen and oxygen atoms in total. The zero-order chi connectivity index (χ0) is 18.5. The lowest BCUT2D eigenvalue weighted by molar-refractivity contribution is 0.104. The topological polar surface area (TPSA) is 44.8 Å². The van der Waals surface area contributed by atoms with E-state index in [2.05, 4.69) is 0 Å². The zero-order valence-electron chi connectivity index (χ0n) is 15.0. The Labute approximate surface area is 152 Å². The molecule has 0 aliphatic carbocycles. The zero-order valence-corrected chi connectivity index (χ0v) is 15.0. The van der Waals surface area contributed by atoms with Crippen molar-refractivity contribution >= 4 is 22.6 Å². The molecule has 26 heavy (non-hydrogen) atoms. The number of ether oxygens (including phenoxy) is 3. The monoisotopic (exact) mass is 348 g/mol. The van der Waals surface area contributed by atoms with Gasteiger partial charge < -0.3 is 14.2 Å². The number of hydrogen-bond donors (Lipinski definition) is 0. The minimum atomic E-state index is -0.126. The van der Waals surface area contributed by atoms with E-state index in [1.165, 1.54) is 7.11 Å². The van der Waals surface area contributed by atoms with E-state index >= 15 is 0 Å². The lowest BCUT2D eigenvalue weighted by atomic mass is 10.0. The van der Waals surface area contributed by atoms with Gasteiger partial charge in [0, 0.05) is 6.07 Å². The third kappa shape index (κ3) is 3.70. The summed E-state index contributed by atoms with van der Waals surface area (Å²) in [4.78, 5) is 12.5. The molecule has 3 aromatic carbocycles. The molecule has 0 fully saturated rings. The van der Waals surface area contributed by atoms with Crippen LogP contribution in [-0.2, 0) is 0 Å². The molecule has 0 unspecified atom stereocenters. The van der Waals surface area contributed by atoms with Crippen molar-refractivity contribution in [2.75, 3.05) is 21.3 Å². The van der Waals surface area contributed by atoms with Crippen molar-refractivity contribution in [3.63, 3.8) is 0 Å². The smallest absolute Gasteiger partial charge is 0.189 e. The number of rotatable bonds is 6. The Morgan fingerprint density at radius 2 is 1.42 bits per heavy atom. The van der Waals surface area contributed by atoms with E-state index in [-0.39, 0.29) is 5.78 Å². The Kier molecular flexibility index (Phi) is 5.23. The number of ketones is 1. The first-order valence-electron chi connectivity index (χ1n) is 8.17. The van der Waals surface area contributed by atoms with Crippen LogP contribution in [-0.4, -0.2) is 27.1 Å². The van der Waals surface area contributed by atoms with Crippen LogP contribution in [0, 0.1) is 0 Å². The van der Waals surface area contributed by atoms with Gasteiger partial charge in [-0.05, 0) is 52.7 Å². The van der Waals surface area contributed by atoms with Crippen LogP contribution in [0.15, 0.2) is 60.7 Å². The van der Waals surface area contributed by atoms with E-state index in [0.29, 0.717) is 17.1 Å². The highest BCUT2D eigenvalue weighted by Gasteiger charge is 2.10. The first-order chi connectivity index (χ1) is 12.6. The van der Waals surface area contributed by atoms with Crippen molar-refractivity contribution in [3.05, 3.63) is 71.8 Å². The predicted octanol–water partition coefficient (Wildman–Crippen LogP) is 4.76. The Bertz CT molecular complexity index is 973. The summed E-state index contributed by atoms with van der Waals surface area (Å²) in [5, 5.41) is 2.17. The molecule has 0 atom stereocenters. The molecule has 0 N–H and O–H groups in total. The normalized spacial score (nSPS) is 10.9. The van der Waals surface area contributed by atoms with Gasteiger partial charge in [-0.1, -0.05) is 24.3 Å². The molecule has 0 amide bonds. The van der Waals surface area contributed by atoms with E-state index in [9.17, 15) is 4.79 Å². The van der Waals surface area contributed by atoms with Gasteiger partial charge in [0.05, 0.1) is 26.9 Å².